The van der Waals surface area contributed by atoms with Gasteiger partial charge in [-0.15, -0.1) is 0 Å². The Morgan fingerprint density at radius 1 is 1.38 bits per heavy atom. The molecular weight excluding hydrogens is 416 g/mol. The largest absolute Gasteiger partial charge is 0.496 e. The summed E-state index contributed by atoms with van der Waals surface area (Å²) in [6.07, 6.45) is 0.674. The van der Waals surface area contributed by atoms with Gasteiger partial charge < -0.3 is 19.7 Å². The van der Waals surface area contributed by atoms with Crippen LogP contribution in [0.2, 0.25) is 0 Å². The SMILES string of the molecule is COc1ccc(NS(=O)(=O)c2sc(NC(C)=O)nc2C)c2c1C[C@@H](N(C)C)CO2. The van der Waals surface area contributed by atoms with Crippen LogP contribution in [0.1, 0.15) is 18.2 Å². The molecule has 0 bridgehead atoms. The Morgan fingerprint density at radius 2 is 2.10 bits per heavy atom. The lowest BCUT2D eigenvalue weighted by Crippen LogP contribution is -2.38. The van der Waals surface area contributed by atoms with Gasteiger partial charge in [-0.2, -0.15) is 0 Å². The summed E-state index contributed by atoms with van der Waals surface area (Å²) >= 11 is 0.898. The third-order valence-electron chi connectivity index (χ3n) is 4.55. The van der Waals surface area contributed by atoms with Crippen molar-refractivity contribution in [1.29, 1.82) is 0 Å². The number of hydrogen-bond donors (Lipinski definition) is 2. The Morgan fingerprint density at radius 3 is 2.72 bits per heavy atom. The van der Waals surface area contributed by atoms with E-state index in [9.17, 15) is 13.2 Å². The Balaban J connectivity index is 1.95. The normalized spacial score (nSPS) is 16.1. The standard InChI is InChI=1S/C18H24N4O5S2/c1-10-17(28-18(19-10)20-11(2)23)29(24,25)21-14-6-7-15(26-5)13-8-12(22(3)4)9-27-16(13)14/h6-7,12,21H,8-9H2,1-5H3,(H,19,20,23)/t12-/m1/s1. The number of nitrogens with zero attached hydrogens (tertiary/aromatic N) is 2. The molecule has 2 aromatic rings. The number of rotatable bonds is 6. The van der Waals surface area contributed by atoms with Crippen molar-refractivity contribution in [3.63, 3.8) is 0 Å². The lowest BCUT2D eigenvalue weighted by Gasteiger charge is -2.32. The molecule has 11 heteroatoms. The van der Waals surface area contributed by atoms with E-state index >= 15 is 0 Å². The monoisotopic (exact) mass is 440 g/mol. The summed E-state index contributed by atoms with van der Waals surface area (Å²) in [5, 5.41) is 2.75. The first-order valence-electron chi connectivity index (χ1n) is 8.89. The maximum absolute atomic E-state index is 13.0. The second-order valence-electron chi connectivity index (χ2n) is 6.93. The Kier molecular flexibility index (Phi) is 6.01. The Labute approximate surface area is 174 Å². The van der Waals surface area contributed by atoms with E-state index in [2.05, 4.69) is 19.9 Å². The minimum Gasteiger partial charge on any atom is -0.496 e. The molecule has 0 saturated carbocycles. The summed E-state index contributed by atoms with van der Waals surface area (Å²) in [5.41, 5.74) is 1.46. The van der Waals surface area contributed by atoms with Crippen LogP contribution in [0.3, 0.4) is 0 Å². The van der Waals surface area contributed by atoms with Crippen molar-refractivity contribution in [2.75, 3.05) is 37.9 Å². The van der Waals surface area contributed by atoms with Crippen LogP contribution in [0.15, 0.2) is 16.3 Å². The van der Waals surface area contributed by atoms with Crippen LogP contribution in [0.25, 0.3) is 0 Å². The maximum Gasteiger partial charge on any atom is 0.273 e. The van der Waals surface area contributed by atoms with Crippen LogP contribution in [0, 0.1) is 6.92 Å². The van der Waals surface area contributed by atoms with E-state index in [4.69, 9.17) is 9.47 Å². The quantitative estimate of drug-likeness (QED) is 0.708. The van der Waals surface area contributed by atoms with Gasteiger partial charge in [-0.25, -0.2) is 13.4 Å². The number of ether oxygens (including phenoxy) is 2. The number of anilines is 2. The molecule has 2 heterocycles. The Bertz CT molecular complexity index is 1030. The van der Waals surface area contributed by atoms with Crippen LogP contribution >= 0.6 is 11.3 Å². The topological polar surface area (TPSA) is 110 Å². The van der Waals surface area contributed by atoms with E-state index in [1.165, 1.54) is 6.92 Å². The van der Waals surface area contributed by atoms with Gasteiger partial charge in [-0.1, -0.05) is 11.3 Å². The van der Waals surface area contributed by atoms with E-state index in [0.717, 1.165) is 16.9 Å². The zero-order valence-corrected chi connectivity index (χ0v) is 18.5. The first kappa shape index (κ1) is 21.3. The number of fused-ring (bicyclic) bond motifs is 1. The number of carbonyl (C=O) groups is 1. The second kappa shape index (κ2) is 8.17. The lowest BCUT2D eigenvalue weighted by molar-refractivity contribution is -0.114. The van der Waals surface area contributed by atoms with Crippen LogP contribution in [0.5, 0.6) is 11.5 Å². The number of sulfonamides is 1. The van der Waals surface area contributed by atoms with Crippen molar-refractivity contribution >= 4 is 38.1 Å². The molecule has 0 unspecified atom stereocenters. The summed E-state index contributed by atoms with van der Waals surface area (Å²) in [7, 11) is 1.59. The molecule has 1 atom stereocenters. The minimum absolute atomic E-state index is 0.0350. The lowest BCUT2D eigenvalue weighted by atomic mass is 10.00. The highest BCUT2D eigenvalue weighted by Crippen LogP contribution is 2.41. The highest BCUT2D eigenvalue weighted by molar-refractivity contribution is 7.94. The average Bonchev–Trinajstić information content (AvgIpc) is 3.01. The fourth-order valence-corrected chi connectivity index (χ4v) is 5.60. The number of hydrogen-bond acceptors (Lipinski definition) is 8. The number of amides is 1. The summed E-state index contributed by atoms with van der Waals surface area (Å²) < 4.78 is 40.0. The molecule has 0 radical (unpaired) electrons. The van der Waals surface area contributed by atoms with Gasteiger partial charge in [0.15, 0.2) is 9.34 Å². The van der Waals surface area contributed by atoms with Crippen LogP contribution < -0.4 is 19.5 Å². The van der Waals surface area contributed by atoms with Crippen molar-refractivity contribution in [3.8, 4) is 11.5 Å². The molecule has 29 heavy (non-hydrogen) atoms. The summed E-state index contributed by atoms with van der Waals surface area (Å²) in [6, 6.07) is 3.50. The molecule has 2 N–H and O–H groups in total. The molecule has 3 rings (SSSR count). The summed E-state index contributed by atoms with van der Waals surface area (Å²) in [6.45, 7) is 3.36. The zero-order valence-electron chi connectivity index (χ0n) is 16.9. The molecule has 158 valence electrons. The Hall–Kier alpha value is -2.37. The van der Waals surface area contributed by atoms with E-state index in [0.29, 0.717) is 35.9 Å². The molecular formula is C18H24N4O5S2. The molecule has 9 nitrogen and oxygen atoms in total. The van der Waals surface area contributed by atoms with Crippen molar-refractivity contribution in [3.05, 3.63) is 23.4 Å². The van der Waals surface area contributed by atoms with Gasteiger partial charge in [0, 0.05) is 18.5 Å². The van der Waals surface area contributed by atoms with Gasteiger partial charge in [-0.05, 0) is 39.6 Å². The fraction of sp³-hybridized carbons (Fsp3) is 0.444. The summed E-state index contributed by atoms with van der Waals surface area (Å²) in [5.74, 6) is 0.801. The van der Waals surface area contributed by atoms with Gasteiger partial charge in [0.05, 0.1) is 18.5 Å². The molecule has 1 amide bonds. The van der Waals surface area contributed by atoms with E-state index in [-0.39, 0.29) is 21.3 Å². The van der Waals surface area contributed by atoms with Gasteiger partial charge in [0.25, 0.3) is 10.0 Å². The number of aromatic nitrogens is 1. The average molecular weight is 441 g/mol. The number of thiazole rings is 1. The number of nitrogens with one attached hydrogen (secondary N) is 2. The highest BCUT2D eigenvalue weighted by Gasteiger charge is 2.29. The number of aryl methyl sites for hydroxylation is 1. The molecule has 0 fully saturated rings. The number of methoxy groups -OCH3 is 1. The van der Waals surface area contributed by atoms with Gasteiger partial charge in [0.1, 0.15) is 18.1 Å². The van der Waals surface area contributed by atoms with Gasteiger partial charge >= 0.3 is 0 Å². The minimum atomic E-state index is -3.92. The predicted molar refractivity (Wildman–Crippen MR) is 112 cm³/mol. The maximum atomic E-state index is 13.0. The number of likely N-dealkylation sites (N-methyl/N-ethyl adjacent to an activating group) is 1. The zero-order chi connectivity index (χ0) is 21.3. The third kappa shape index (κ3) is 4.46. The fourth-order valence-electron chi connectivity index (χ4n) is 3.07. The first-order valence-corrected chi connectivity index (χ1v) is 11.2. The molecule has 1 aliphatic rings. The van der Waals surface area contributed by atoms with Gasteiger partial charge in [0.2, 0.25) is 5.91 Å². The summed E-state index contributed by atoms with van der Waals surface area (Å²) in [4.78, 5) is 17.4. The molecule has 1 aromatic carbocycles. The van der Waals surface area contributed by atoms with Gasteiger partial charge in [-0.3, -0.25) is 9.52 Å². The van der Waals surface area contributed by atoms with Crippen LogP contribution in [-0.4, -0.2) is 58.1 Å². The predicted octanol–water partition coefficient (Wildman–Crippen LogP) is 2.08. The van der Waals surface area contributed by atoms with E-state index < -0.39 is 10.0 Å². The van der Waals surface area contributed by atoms with Crippen molar-refractivity contribution in [1.82, 2.24) is 9.88 Å². The second-order valence-corrected chi connectivity index (χ2v) is 9.81. The first-order chi connectivity index (χ1) is 13.6. The van der Waals surface area contributed by atoms with E-state index in [1.807, 2.05) is 14.1 Å². The molecule has 0 aliphatic carbocycles. The molecule has 0 spiro atoms. The van der Waals surface area contributed by atoms with Crippen molar-refractivity contribution in [2.24, 2.45) is 0 Å². The van der Waals surface area contributed by atoms with Crippen molar-refractivity contribution < 1.29 is 22.7 Å². The molecule has 0 saturated heterocycles. The molecule has 1 aliphatic heterocycles. The van der Waals surface area contributed by atoms with Crippen molar-refractivity contribution in [2.45, 2.75) is 30.5 Å². The number of benzene rings is 1. The highest BCUT2D eigenvalue weighted by atomic mass is 32.2. The number of carbonyl (C=O) groups excluding carboxylic acids is 1. The van der Waals surface area contributed by atoms with Crippen LogP contribution in [0.4, 0.5) is 10.8 Å². The van der Waals surface area contributed by atoms with E-state index in [1.54, 1.807) is 26.2 Å². The molecule has 1 aromatic heterocycles. The van der Waals surface area contributed by atoms with Crippen LogP contribution in [-0.2, 0) is 21.2 Å². The smallest absolute Gasteiger partial charge is 0.273 e. The third-order valence-corrected chi connectivity index (χ3v) is 7.60.